The quantitative estimate of drug-likeness (QED) is 0.410. The lowest BCUT2D eigenvalue weighted by Gasteiger charge is -2.25. The second kappa shape index (κ2) is 9.13. The SMILES string of the molecule is C/C=C(/C(=O)C1COc2ccc(Cl)cc2C1)c1cnc(/C(C=N)=C(/N)OC)cc1C. The maximum absolute atomic E-state index is 13.3. The fourth-order valence-electron chi connectivity index (χ4n) is 3.55. The molecule has 0 aliphatic carbocycles. The first-order valence-corrected chi connectivity index (χ1v) is 9.90. The fraction of sp³-hybridized carbons (Fsp3) is 0.261. The second-order valence-electron chi connectivity index (χ2n) is 7.04. The summed E-state index contributed by atoms with van der Waals surface area (Å²) in [7, 11) is 1.44. The van der Waals surface area contributed by atoms with Crippen LogP contribution in [0.25, 0.3) is 11.1 Å². The van der Waals surface area contributed by atoms with Crippen LogP contribution in [0, 0.1) is 18.3 Å². The zero-order chi connectivity index (χ0) is 21.8. The van der Waals surface area contributed by atoms with E-state index in [1.165, 1.54) is 7.11 Å². The van der Waals surface area contributed by atoms with E-state index >= 15 is 0 Å². The Hall–Kier alpha value is -3.12. The molecule has 0 saturated carbocycles. The van der Waals surface area contributed by atoms with Crippen LogP contribution in [0.2, 0.25) is 5.02 Å². The number of ether oxygens (including phenoxy) is 2. The first-order chi connectivity index (χ1) is 14.4. The van der Waals surface area contributed by atoms with Gasteiger partial charge < -0.3 is 20.6 Å². The third-order valence-electron chi connectivity index (χ3n) is 5.16. The van der Waals surface area contributed by atoms with Crippen molar-refractivity contribution in [2.24, 2.45) is 11.7 Å². The number of ketones is 1. The van der Waals surface area contributed by atoms with Crippen molar-refractivity contribution in [3.05, 3.63) is 69.8 Å². The lowest BCUT2D eigenvalue weighted by atomic mass is 9.86. The first-order valence-electron chi connectivity index (χ1n) is 9.52. The second-order valence-corrected chi connectivity index (χ2v) is 7.48. The molecule has 1 aromatic heterocycles. The van der Waals surface area contributed by atoms with Crippen molar-refractivity contribution in [3.63, 3.8) is 0 Å². The van der Waals surface area contributed by atoms with Crippen LogP contribution in [-0.4, -0.2) is 30.7 Å². The molecule has 0 spiro atoms. The number of benzene rings is 1. The standard InChI is InChI=1S/C23H24ClN3O3/c1-4-17(19-11-27-20(7-13(19)2)18(10-25)23(26)29-3)22(28)15-8-14-9-16(24)5-6-21(14)30-12-15/h4-7,9-11,15,25H,8,12,26H2,1-3H3/b17-4+,23-18-,25-10?. The van der Waals surface area contributed by atoms with Crippen LogP contribution in [0.4, 0.5) is 0 Å². The maximum atomic E-state index is 13.3. The van der Waals surface area contributed by atoms with Gasteiger partial charge in [0.15, 0.2) is 11.7 Å². The summed E-state index contributed by atoms with van der Waals surface area (Å²) in [6.45, 7) is 4.05. The van der Waals surface area contributed by atoms with Gasteiger partial charge in [0.1, 0.15) is 5.75 Å². The topological polar surface area (TPSA) is 98.3 Å². The Bertz CT molecular complexity index is 1060. The van der Waals surface area contributed by atoms with Crippen LogP contribution < -0.4 is 10.5 Å². The van der Waals surface area contributed by atoms with Crippen LogP contribution in [-0.2, 0) is 16.0 Å². The zero-order valence-corrected chi connectivity index (χ0v) is 17.9. The van der Waals surface area contributed by atoms with E-state index in [9.17, 15) is 4.79 Å². The molecule has 0 radical (unpaired) electrons. The lowest BCUT2D eigenvalue weighted by Crippen LogP contribution is -2.29. The molecule has 7 heteroatoms. The molecule has 3 N–H and O–H groups in total. The number of fused-ring (bicyclic) bond motifs is 1. The predicted molar refractivity (Wildman–Crippen MR) is 119 cm³/mol. The highest BCUT2D eigenvalue weighted by molar-refractivity contribution is 6.30. The molecule has 0 bridgehead atoms. The summed E-state index contributed by atoms with van der Waals surface area (Å²) in [6, 6.07) is 7.26. The molecule has 0 fully saturated rings. The smallest absolute Gasteiger partial charge is 0.194 e. The van der Waals surface area contributed by atoms with E-state index in [-0.39, 0.29) is 17.6 Å². The molecule has 0 amide bonds. The molecule has 156 valence electrons. The van der Waals surface area contributed by atoms with Crippen molar-refractivity contribution in [3.8, 4) is 5.75 Å². The molecule has 1 aliphatic rings. The Morgan fingerprint density at radius 3 is 2.80 bits per heavy atom. The minimum atomic E-state index is -0.303. The predicted octanol–water partition coefficient (Wildman–Crippen LogP) is 4.19. The van der Waals surface area contributed by atoms with Gasteiger partial charge in [0, 0.05) is 28.6 Å². The molecular formula is C23H24ClN3O3. The van der Waals surface area contributed by atoms with Crippen molar-refractivity contribution < 1.29 is 14.3 Å². The van der Waals surface area contributed by atoms with Crippen LogP contribution in [0.15, 0.2) is 42.4 Å². The highest BCUT2D eigenvalue weighted by atomic mass is 35.5. The summed E-state index contributed by atoms with van der Waals surface area (Å²) in [5, 5.41) is 8.20. The van der Waals surface area contributed by atoms with Crippen molar-refractivity contribution in [2.75, 3.05) is 13.7 Å². The van der Waals surface area contributed by atoms with Gasteiger partial charge in [-0.05, 0) is 55.7 Å². The van der Waals surface area contributed by atoms with Crippen molar-refractivity contribution in [1.82, 2.24) is 4.98 Å². The lowest BCUT2D eigenvalue weighted by molar-refractivity contribution is -0.118. The Morgan fingerprint density at radius 2 is 2.17 bits per heavy atom. The summed E-state index contributed by atoms with van der Waals surface area (Å²) in [5.74, 6) is 0.584. The van der Waals surface area contributed by atoms with Crippen molar-refractivity contribution in [1.29, 1.82) is 5.41 Å². The maximum Gasteiger partial charge on any atom is 0.194 e. The average Bonchev–Trinajstić information content (AvgIpc) is 2.75. The van der Waals surface area contributed by atoms with Crippen LogP contribution in [0.1, 0.15) is 29.3 Å². The van der Waals surface area contributed by atoms with Gasteiger partial charge in [0.2, 0.25) is 0 Å². The minimum absolute atomic E-state index is 0.000000472. The average molecular weight is 426 g/mol. The number of pyridine rings is 1. The van der Waals surface area contributed by atoms with Crippen molar-refractivity contribution in [2.45, 2.75) is 20.3 Å². The number of nitrogens with one attached hydrogen (secondary N) is 1. The van der Waals surface area contributed by atoms with Gasteiger partial charge in [-0.3, -0.25) is 9.78 Å². The highest BCUT2D eigenvalue weighted by Gasteiger charge is 2.29. The van der Waals surface area contributed by atoms with E-state index in [0.29, 0.717) is 34.9 Å². The Kier molecular flexibility index (Phi) is 6.57. The number of aromatic nitrogens is 1. The summed E-state index contributed by atoms with van der Waals surface area (Å²) in [6.07, 6.45) is 5.11. The monoisotopic (exact) mass is 425 g/mol. The van der Waals surface area contributed by atoms with Crippen LogP contribution in [0.5, 0.6) is 5.75 Å². The number of Topliss-reactive ketones (excluding diaryl/α,β-unsaturated/α-hetero) is 1. The fourth-order valence-corrected chi connectivity index (χ4v) is 3.74. The van der Waals surface area contributed by atoms with E-state index in [1.54, 1.807) is 24.4 Å². The van der Waals surface area contributed by atoms with E-state index in [2.05, 4.69) is 4.98 Å². The molecule has 2 aromatic rings. The minimum Gasteiger partial charge on any atom is -0.493 e. The van der Waals surface area contributed by atoms with Gasteiger partial charge in [-0.15, -0.1) is 0 Å². The van der Waals surface area contributed by atoms with E-state index in [0.717, 1.165) is 28.7 Å². The molecule has 1 atom stereocenters. The largest absolute Gasteiger partial charge is 0.493 e. The molecule has 30 heavy (non-hydrogen) atoms. The number of carbonyl (C=O) groups is 1. The number of hydrogen-bond acceptors (Lipinski definition) is 6. The molecule has 0 saturated heterocycles. The Labute approximate surface area is 180 Å². The van der Waals surface area contributed by atoms with E-state index in [1.807, 2.05) is 26.0 Å². The number of allylic oxidation sites excluding steroid dienone is 3. The number of rotatable bonds is 6. The number of aryl methyl sites for hydroxylation is 1. The van der Waals surface area contributed by atoms with Gasteiger partial charge in [-0.2, -0.15) is 0 Å². The molecule has 6 nitrogen and oxygen atoms in total. The number of nitrogens with zero attached hydrogens (tertiary/aromatic N) is 1. The van der Waals surface area contributed by atoms with Gasteiger partial charge in [0.25, 0.3) is 0 Å². The number of carbonyl (C=O) groups excluding carboxylic acids is 1. The van der Waals surface area contributed by atoms with Crippen LogP contribution >= 0.6 is 11.6 Å². The third-order valence-corrected chi connectivity index (χ3v) is 5.40. The number of halogens is 1. The van der Waals surface area contributed by atoms with Gasteiger partial charge in [-0.1, -0.05) is 17.7 Å². The van der Waals surface area contributed by atoms with Gasteiger partial charge >= 0.3 is 0 Å². The summed E-state index contributed by atoms with van der Waals surface area (Å²) in [4.78, 5) is 17.7. The molecular weight excluding hydrogens is 402 g/mol. The Balaban J connectivity index is 1.89. The van der Waals surface area contributed by atoms with Gasteiger partial charge in [0.05, 0.1) is 30.9 Å². The van der Waals surface area contributed by atoms with Crippen molar-refractivity contribution >= 4 is 34.7 Å². The van der Waals surface area contributed by atoms with Crippen LogP contribution in [0.3, 0.4) is 0 Å². The third kappa shape index (κ3) is 4.24. The normalized spacial score (nSPS) is 16.8. The molecule has 3 rings (SSSR count). The molecule has 1 aromatic carbocycles. The molecule has 2 heterocycles. The zero-order valence-electron chi connectivity index (χ0n) is 17.2. The highest BCUT2D eigenvalue weighted by Crippen LogP contribution is 2.33. The number of methoxy groups -OCH3 is 1. The van der Waals surface area contributed by atoms with E-state index in [4.69, 9.17) is 32.2 Å². The Morgan fingerprint density at radius 1 is 1.40 bits per heavy atom. The number of nitrogens with two attached hydrogens (primary N) is 1. The molecule has 1 aliphatic heterocycles. The van der Waals surface area contributed by atoms with Gasteiger partial charge in [-0.25, -0.2) is 0 Å². The number of hydrogen-bond donors (Lipinski definition) is 2. The molecule has 1 unspecified atom stereocenters. The van der Waals surface area contributed by atoms with E-state index < -0.39 is 0 Å². The summed E-state index contributed by atoms with van der Waals surface area (Å²) in [5.41, 5.74) is 9.82. The summed E-state index contributed by atoms with van der Waals surface area (Å²) >= 11 is 6.10. The first kappa shape index (κ1) is 21.6. The summed E-state index contributed by atoms with van der Waals surface area (Å²) < 4.78 is 10.8.